The molecule has 3 heteroatoms. The molecule has 102 valence electrons. The Morgan fingerprint density at radius 2 is 2.11 bits per heavy atom. The Hall–Kier alpha value is -0.730. The summed E-state index contributed by atoms with van der Waals surface area (Å²) < 4.78 is 5.36. The lowest BCUT2D eigenvalue weighted by molar-refractivity contribution is 0.405. The van der Waals surface area contributed by atoms with Crippen LogP contribution >= 0.6 is 11.6 Å². The Bertz CT molecular complexity index is 354. The van der Waals surface area contributed by atoms with Crippen molar-refractivity contribution < 1.29 is 4.74 Å². The van der Waals surface area contributed by atoms with Crippen molar-refractivity contribution in [3.63, 3.8) is 0 Å². The maximum Gasteiger partial charge on any atom is 0.122 e. The molecule has 0 saturated heterocycles. The van der Waals surface area contributed by atoms with Gasteiger partial charge in [0.15, 0.2) is 0 Å². The molecule has 0 aliphatic rings. The smallest absolute Gasteiger partial charge is 0.122 e. The summed E-state index contributed by atoms with van der Waals surface area (Å²) >= 11 is 6.03. The molecule has 1 atom stereocenters. The average molecular weight is 270 g/mol. The van der Waals surface area contributed by atoms with Gasteiger partial charge in [0.25, 0.3) is 0 Å². The van der Waals surface area contributed by atoms with E-state index in [-0.39, 0.29) is 0 Å². The second-order valence-electron chi connectivity index (χ2n) is 4.74. The number of halogens is 1. The number of methoxy groups -OCH3 is 1. The zero-order valence-corrected chi connectivity index (χ0v) is 12.4. The van der Waals surface area contributed by atoms with Crippen LogP contribution in [0.5, 0.6) is 5.75 Å². The van der Waals surface area contributed by atoms with Crippen molar-refractivity contribution in [3.05, 3.63) is 28.8 Å². The number of hydrogen-bond donors (Lipinski definition) is 1. The summed E-state index contributed by atoms with van der Waals surface area (Å²) in [6.07, 6.45) is 3.41. The molecular weight excluding hydrogens is 246 g/mol. The Morgan fingerprint density at radius 1 is 1.33 bits per heavy atom. The molecule has 0 aliphatic heterocycles. The summed E-state index contributed by atoms with van der Waals surface area (Å²) in [5.41, 5.74) is 1.21. The molecule has 1 aromatic carbocycles. The van der Waals surface area contributed by atoms with E-state index in [4.69, 9.17) is 16.3 Å². The monoisotopic (exact) mass is 269 g/mol. The van der Waals surface area contributed by atoms with Gasteiger partial charge >= 0.3 is 0 Å². The molecule has 2 nitrogen and oxygen atoms in total. The van der Waals surface area contributed by atoms with Crippen LogP contribution in [0.3, 0.4) is 0 Å². The number of rotatable bonds is 8. The summed E-state index contributed by atoms with van der Waals surface area (Å²) in [6.45, 7) is 6.59. The van der Waals surface area contributed by atoms with Gasteiger partial charge in [0, 0.05) is 5.02 Å². The highest BCUT2D eigenvalue weighted by atomic mass is 35.5. The number of hydrogen-bond acceptors (Lipinski definition) is 2. The summed E-state index contributed by atoms with van der Waals surface area (Å²) in [4.78, 5) is 0. The van der Waals surface area contributed by atoms with Gasteiger partial charge in [-0.05, 0) is 62.0 Å². The van der Waals surface area contributed by atoms with E-state index in [1.54, 1.807) is 7.11 Å². The van der Waals surface area contributed by atoms with Gasteiger partial charge in [0.05, 0.1) is 7.11 Å². The second-order valence-corrected chi connectivity index (χ2v) is 5.18. The van der Waals surface area contributed by atoms with E-state index < -0.39 is 0 Å². The van der Waals surface area contributed by atoms with Crippen LogP contribution in [0.25, 0.3) is 0 Å². The number of ether oxygens (including phenoxy) is 1. The third-order valence-electron chi connectivity index (χ3n) is 3.21. The normalized spacial score (nSPS) is 12.4. The topological polar surface area (TPSA) is 21.3 Å². The van der Waals surface area contributed by atoms with E-state index in [1.165, 1.54) is 18.4 Å². The highest BCUT2D eigenvalue weighted by Crippen LogP contribution is 2.25. The lowest BCUT2D eigenvalue weighted by atomic mass is 9.98. The fourth-order valence-electron chi connectivity index (χ4n) is 2.01. The largest absolute Gasteiger partial charge is 0.496 e. The third-order valence-corrected chi connectivity index (χ3v) is 3.45. The fraction of sp³-hybridized carbons (Fsp3) is 0.600. The number of aryl methyl sites for hydroxylation is 1. The highest BCUT2D eigenvalue weighted by molar-refractivity contribution is 6.30. The quantitative estimate of drug-likeness (QED) is 0.723. The molecular formula is C15H24ClNO. The van der Waals surface area contributed by atoms with Crippen LogP contribution in [0.1, 0.15) is 32.3 Å². The van der Waals surface area contributed by atoms with Crippen LogP contribution in [0.15, 0.2) is 18.2 Å². The van der Waals surface area contributed by atoms with Gasteiger partial charge in [-0.15, -0.1) is 0 Å². The molecule has 0 spiro atoms. The van der Waals surface area contributed by atoms with Crippen LogP contribution in [-0.2, 0) is 6.42 Å². The highest BCUT2D eigenvalue weighted by Gasteiger charge is 2.07. The summed E-state index contributed by atoms with van der Waals surface area (Å²) in [5.74, 6) is 1.66. The van der Waals surface area contributed by atoms with Gasteiger partial charge < -0.3 is 10.1 Å². The molecule has 0 saturated carbocycles. The SMILES string of the molecule is CCNCCC(C)CCc1cc(Cl)ccc1OC. The fourth-order valence-corrected chi connectivity index (χ4v) is 2.21. The average Bonchev–Trinajstić information content (AvgIpc) is 2.37. The first-order valence-corrected chi connectivity index (χ1v) is 7.08. The molecule has 1 rings (SSSR count). The lowest BCUT2D eigenvalue weighted by Crippen LogP contribution is -2.16. The number of benzene rings is 1. The molecule has 1 N–H and O–H groups in total. The third kappa shape index (κ3) is 5.28. The van der Waals surface area contributed by atoms with Crippen LogP contribution in [0, 0.1) is 5.92 Å². The zero-order valence-electron chi connectivity index (χ0n) is 11.6. The Morgan fingerprint density at radius 3 is 2.78 bits per heavy atom. The van der Waals surface area contributed by atoms with E-state index >= 15 is 0 Å². The minimum atomic E-state index is 0.715. The first-order valence-electron chi connectivity index (χ1n) is 6.70. The van der Waals surface area contributed by atoms with Gasteiger partial charge in [0.1, 0.15) is 5.75 Å². The van der Waals surface area contributed by atoms with Crippen molar-refractivity contribution in [3.8, 4) is 5.75 Å². The lowest BCUT2D eigenvalue weighted by Gasteiger charge is -2.13. The molecule has 0 fully saturated rings. The van der Waals surface area contributed by atoms with Crippen molar-refractivity contribution in [1.82, 2.24) is 5.32 Å². The number of nitrogens with one attached hydrogen (secondary N) is 1. The molecule has 0 aromatic heterocycles. The predicted octanol–water partition coefficient (Wildman–Crippen LogP) is 3.92. The van der Waals surface area contributed by atoms with Gasteiger partial charge in [-0.2, -0.15) is 0 Å². The van der Waals surface area contributed by atoms with Crippen molar-refractivity contribution >= 4 is 11.6 Å². The Kier molecular flexibility index (Phi) is 7.14. The van der Waals surface area contributed by atoms with Crippen molar-refractivity contribution in [2.24, 2.45) is 5.92 Å². The molecule has 0 bridgehead atoms. The molecule has 0 amide bonds. The minimum absolute atomic E-state index is 0.715. The van der Waals surface area contributed by atoms with E-state index in [1.807, 2.05) is 18.2 Å². The van der Waals surface area contributed by atoms with Crippen LogP contribution in [-0.4, -0.2) is 20.2 Å². The van der Waals surface area contributed by atoms with E-state index in [0.717, 1.165) is 30.3 Å². The zero-order chi connectivity index (χ0) is 13.4. The van der Waals surface area contributed by atoms with Crippen molar-refractivity contribution in [1.29, 1.82) is 0 Å². The molecule has 0 radical (unpaired) electrons. The maximum absolute atomic E-state index is 6.03. The first kappa shape index (κ1) is 15.3. The van der Waals surface area contributed by atoms with Crippen LogP contribution in [0.2, 0.25) is 5.02 Å². The van der Waals surface area contributed by atoms with Gasteiger partial charge in [-0.25, -0.2) is 0 Å². The summed E-state index contributed by atoms with van der Waals surface area (Å²) in [5, 5.41) is 4.15. The Balaban J connectivity index is 2.44. The Labute approximate surface area is 116 Å². The molecule has 0 heterocycles. The summed E-state index contributed by atoms with van der Waals surface area (Å²) in [6, 6.07) is 5.83. The van der Waals surface area contributed by atoms with Crippen molar-refractivity contribution in [2.45, 2.75) is 33.1 Å². The molecule has 1 unspecified atom stereocenters. The maximum atomic E-state index is 6.03. The van der Waals surface area contributed by atoms with Crippen LogP contribution in [0.4, 0.5) is 0 Å². The minimum Gasteiger partial charge on any atom is -0.496 e. The van der Waals surface area contributed by atoms with E-state index in [2.05, 4.69) is 19.2 Å². The second kappa shape index (κ2) is 8.39. The first-order chi connectivity index (χ1) is 8.67. The van der Waals surface area contributed by atoms with Crippen molar-refractivity contribution in [2.75, 3.05) is 20.2 Å². The standard InChI is InChI=1S/C15H24ClNO/c1-4-17-10-9-12(2)5-6-13-11-14(16)7-8-15(13)18-3/h7-8,11-12,17H,4-6,9-10H2,1-3H3. The summed E-state index contributed by atoms with van der Waals surface area (Å²) in [7, 11) is 1.71. The van der Waals surface area contributed by atoms with Gasteiger partial charge in [-0.1, -0.05) is 25.4 Å². The van der Waals surface area contributed by atoms with Gasteiger partial charge in [0.2, 0.25) is 0 Å². The van der Waals surface area contributed by atoms with Gasteiger partial charge in [-0.3, -0.25) is 0 Å². The van der Waals surface area contributed by atoms with E-state index in [0.29, 0.717) is 5.92 Å². The van der Waals surface area contributed by atoms with E-state index in [9.17, 15) is 0 Å². The molecule has 0 aliphatic carbocycles. The van der Waals surface area contributed by atoms with Crippen LogP contribution < -0.4 is 10.1 Å². The predicted molar refractivity (Wildman–Crippen MR) is 78.6 cm³/mol. The molecule has 18 heavy (non-hydrogen) atoms. The molecule has 1 aromatic rings.